The Morgan fingerprint density at radius 2 is 0.719 bits per heavy atom. The van der Waals surface area contributed by atoms with Crippen LogP contribution < -0.4 is 5.32 Å². The summed E-state index contributed by atoms with van der Waals surface area (Å²) in [5.41, 5.74) is 0. The number of nitrogens with one attached hydrogen (secondary N) is 1. The smallest absolute Gasteiger partial charge is 0.249 e. The number of rotatable bonds is 46. The summed E-state index contributed by atoms with van der Waals surface area (Å²) in [6.45, 7) is 4.19. The van der Waals surface area contributed by atoms with Gasteiger partial charge in [0.2, 0.25) is 5.91 Å². The highest BCUT2D eigenvalue weighted by molar-refractivity contribution is 5.80. The predicted molar refractivity (Wildman–Crippen MR) is 250 cm³/mol. The largest absolute Gasteiger partial charge is 0.394 e. The highest BCUT2D eigenvalue weighted by Gasteiger charge is 2.22. The molecule has 0 rings (SSSR count). The first-order valence-corrected chi connectivity index (χ1v) is 25.3. The fourth-order valence-corrected chi connectivity index (χ4v) is 7.73. The van der Waals surface area contributed by atoms with Crippen molar-refractivity contribution < 1.29 is 20.1 Å². The third-order valence-corrected chi connectivity index (χ3v) is 11.7. The van der Waals surface area contributed by atoms with E-state index in [0.717, 1.165) is 38.5 Å². The van der Waals surface area contributed by atoms with E-state index in [9.17, 15) is 20.1 Å². The lowest BCUT2D eigenvalue weighted by atomic mass is 10.0. The van der Waals surface area contributed by atoms with Crippen LogP contribution in [0.15, 0.2) is 36.5 Å². The van der Waals surface area contributed by atoms with E-state index in [-0.39, 0.29) is 6.61 Å². The number of hydrogen-bond acceptors (Lipinski definition) is 4. The summed E-state index contributed by atoms with van der Waals surface area (Å²) < 4.78 is 0. The van der Waals surface area contributed by atoms with Crippen molar-refractivity contribution in [3.63, 3.8) is 0 Å². The zero-order valence-electron chi connectivity index (χ0n) is 38.2. The number of aliphatic hydroxyl groups excluding tert-OH is 3. The molecule has 57 heavy (non-hydrogen) atoms. The molecule has 336 valence electrons. The molecule has 0 aliphatic heterocycles. The summed E-state index contributed by atoms with van der Waals surface area (Å²) in [6.07, 6.45) is 60.6. The number of allylic oxidation sites excluding steroid dienone is 5. The maximum atomic E-state index is 12.5. The molecule has 0 aromatic rings. The van der Waals surface area contributed by atoms with Crippen LogP contribution in [-0.4, -0.2) is 46.1 Å². The monoisotopic (exact) mass is 802 g/mol. The van der Waals surface area contributed by atoms with E-state index in [4.69, 9.17) is 0 Å². The van der Waals surface area contributed by atoms with Crippen LogP contribution in [0.3, 0.4) is 0 Å². The van der Waals surface area contributed by atoms with Gasteiger partial charge in [-0.15, -0.1) is 0 Å². The number of carbonyl (C=O) groups excluding carboxylic acids is 1. The summed E-state index contributed by atoms with van der Waals surface area (Å²) in [4.78, 5) is 12.5. The minimum absolute atomic E-state index is 0.376. The van der Waals surface area contributed by atoms with Crippen molar-refractivity contribution in [2.45, 2.75) is 283 Å². The number of amides is 1. The molecule has 1 amide bonds. The molecule has 0 bridgehead atoms. The molecule has 0 aromatic heterocycles. The second-order valence-corrected chi connectivity index (χ2v) is 17.4. The fraction of sp³-hybridized carbons (Fsp3) is 0.865. The van der Waals surface area contributed by atoms with E-state index < -0.39 is 24.2 Å². The van der Waals surface area contributed by atoms with Gasteiger partial charge in [-0.3, -0.25) is 4.79 Å². The van der Waals surface area contributed by atoms with Gasteiger partial charge in [0.25, 0.3) is 0 Å². The number of unbranched alkanes of at least 4 members (excludes halogenated alkanes) is 34. The van der Waals surface area contributed by atoms with Gasteiger partial charge < -0.3 is 20.6 Å². The number of aliphatic hydroxyl groups is 3. The second kappa shape index (κ2) is 47.3. The quantitative estimate of drug-likeness (QED) is 0.0365. The molecule has 5 heteroatoms. The van der Waals surface area contributed by atoms with Gasteiger partial charge in [-0.2, -0.15) is 0 Å². The predicted octanol–water partition coefficient (Wildman–Crippen LogP) is 15.1. The van der Waals surface area contributed by atoms with E-state index in [0.29, 0.717) is 6.42 Å². The molecular formula is C52H99NO4. The van der Waals surface area contributed by atoms with Crippen molar-refractivity contribution in [3.8, 4) is 0 Å². The number of hydrogen-bond donors (Lipinski definition) is 4. The van der Waals surface area contributed by atoms with Crippen LogP contribution in [0.4, 0.5) is 0 Å². The SMILES string of the molecule is CCCCCCCCCCCCC/C=C/CC/C=C/C(O)C(CO)NC(=O)C(O)CCCCCCCCCCCC/C=C\CCCCCCCCCCCCCC. The molecular weight excluding hydrogens is 703 g/mol. The standard InChI is InChI=1S/C52H99NO4/c1-3-5-7-9-11-13-15-17-19-21-22-23-24-25-26-27-28-29-31-33-35-37-39-41-43-45-47-51(56)52(57)53-49(48-54)50(55)46-44-42-40-38-36-34-32-30-20-18-16-14-12-10-8-6-4-2/h25-26,36,38,44,46,49-51,54-56H,3-24,27-35,37,39-43,45,47-48H2,1-2H3,(H,53,57)/b26-25-,38-36+,46-44+. The molecule has 0 heterocycles. The van der Waals surface area contributed by atoms with Crippen LogP contribution in [0.5, 0.6) is 0 Å². The Morgan fingerprint density at radius 3 is 1.07 bits per heavy atom. The van der Waals surface area contributed by atoms with Crippen molar-refractivity contribution in [2.24, 2.45) is 0 Å². The van der Waals surface area contributed by atoms with Gasteiger partial charge in [-0.05, 0) is 57.8 Å². The molecule has 5 nitrogen and oxygen atoms in total. The van der Waals surface area contributed by atoms with Gasteiger partial charge in [0.05, 0.1) is 18.8 Å². The zero-order chi connectivity index (χ0) is 41.5. The molecule has 0 saturated carbocycles. The molecule has 0 aromatic carbocycles. The molecule has 4 N–H and O–H groups in total. The summed E-state index contributed by atoms with van der Waals surface area (Å²) in [6, 6.07) is -0.814. The third kappa shape index (κ3) is 42.5. The topological polar surface area (TPSA) is 89.8 Å². The molecule has 0 saturated heterocycles. The Kier molecular flexibility index (Phi) is 46.1. The molecule has 0 fully saturated rings. The highest BCUT2D eigenvalue weighted by atomic mass is 16.3. The first kappa shape index (κ1) is 55.6. The van der Waals surface area contributed by atoms with Crippen molar-refractivity contribution in [2.75, 3.05) is 6.61 Å². The summed E-state index contributed by atoms with van der Waals surface area (Å²) >= 11 is 0. The van der Waals surface area contributed by atoms with Gasteiger partial charge in [-0.1, -0.05) is 243 Å². The lowest BCUT2D eigenvalue weighted by Gasteiger charge is -2.21. The van der Waals surface area contributed by atoms with Crippen LogP contribution in [0.2, 0.25) is 0 Å². The average Bonchev–Trinajstić information content (AvgIpc) is 3.22. The van der Waals surface area contributed by atoms with Gasteiger partial charge in [-0.25, -0.2) is 0 Å². The van der Waals surface area contributed by atoms with Crippen molar-refractivity contribution in [1.82, 2.24) is 5.32 Å². The summed E-state index contributed by atoms with van der Waals surface area (Å²) in [7, 11) is 0. The van der Waals surface area contributed by atoms with E-state index in [2.05, 4.69) is 43.5 Å². The Balaban J connectivity index is 3.62. The number of carbonyl (C=O) groups is 1. The first-order chi connectivity index (χ1) is 28.1. The van der Waals surface area contributed by atoms with Gasteiger partial charge in [0.15, 0.2) is 0 Å². The molecule has 0 radical (unpaired) electrons. The Morgan fingerprint density at radius 1 is 0.421 bits per heavy atom. The average molecular weight is 802 g/mol. The Bertz CT molecular complexity index is 885. The van der Waals surface area contributed by atoms with Gasteiger partial charge in [0, 0.05) is 0 Å². The third-order valence-electron chi connectivity index (χ3n) is 11.7. The van der Waals surface area contributed by atoms with Crippen LogP contribution in [0, 0.1) is 0 Å². The van der Waals surface area contributed by atoms with Crippen LogP contribution in [-0.2, 0) is 4.79 Å². The lowest BCUT2D eigenvalue weighted by molar-refractivity contribution is -0.131. The van der Waals surface area contributed by atoms with E-state index in [1.807, 2.05) is 6.08 Å². The van der Waals surface area contributed by atoms with E-state index >= 15 is 0 Å². The maximum Gasteiger partial charge on any atom is 0.249 e. The maximum absolute atomic E-state index is 12.5. The van der Waals surface area contributed by atoms with Crippen LogP contribution >= 0.6 is 0 Å². The van der Waals surface area contributed by atoms with Gasteiger partial charge >= 0.3 is 0 Å². The highest BCUT2D eigenvalue weighted by Crippen LogP contribution is 2.16. The molecule has 0 aliphatic rings. The fourth-order valence-electron chi connectivity index (χ4n) is 7.73. The Hall–Kier alpha value is -1.43. The van der Waals surface area contributed by atoms with Crippen molar-refractivity contribution in [1.29, 1.82) is 0 Å². The normalized spacial score (nSPS) is 13.7. The van der Waals surface area contributed by atoms with E-state index in [1.54, 1.807) is 6.08 Å². The summed E-state index contributed by atoms with van der Waals surface area (Å²) in [5, 5.41) is 33.2. The van der Waals surface area contributed by atoms with E-state index in [1.165, 1.54) is 205 Å². The van der Waals surface area contributed by atoms with Crippen molar-refractivity contribution in [3.05, 3.63) is 36.5 Å². The lowest BCUT2D eigenvalue weighted by Crippen LogP contribution is -2.48. The summed E-state index contributed by atoms with van der Waals surface area (Å²) in [5.74, 6) is -0.512. The first-order valence-electron chi connectivity index (χ1n) is 25.3. The Labute approximate surface area is 355 Å². The van der Waals surface area contributed by atoms with Crippen LogP contribution in [0.25, 0.3) is 0 Å². The molecule has 3 unspecified atom stereocenters. The molecule has 0 spiro atoms. The van der Waals surface area contributed by atoms with Crippen molar-refractivity contribution >= 4 is 5.91 Å². The minimum atomic E-state index is -1.11. The van der Waals surface area contributed by atoms with Crippen LogP contribution in [0.1, 0.15) is 264 Å². The molecule has 3 atom stereocenters. The molecule has 0 aliphatic carbocycles. The van der Waals surface area contributed by atoms with Gasteiger partial charge in [0.1, 0.15) is 6.10 Å². The second-order valence-electron chi connectivity index (χ2n) is 17.4. The zero-order valence-corrected chi connectivity index (χ0v) is 38.2. The minimum Gasteiger partial charge on any atom is -0.394 e.